The molecule has 1 amide bonds. The van der Waals surface area contributed by atoms with E-state index >= 15 is 4.39 Å². The zero-order valence-electron chi connectivity index (χ0n) is 18.2. The predicted molar refractivity (Wildman–Crippen MR) is 124 cm³/mol. The zero-order chi connectivity index (χ0) is 22.1. The molecule has 0 aliphatic carbocycles. The summed E-state index contributed by atoms with van der Waals surface area (Å²) in [6.45, 7) is 5.56. The van der Waals surface area contributed by atoms with Crippen LogP contribution in [0.5, 0.6) is 0 Å². The average molecular weight is 458 g/mol. The molecule has 0 N–H and O–H groups in total. The van der Waals surface area contributed by atoms with E-state index in [9.17, 15) is 4.79 Å². The highest BCUT2D eigenvalue weighted by Crippen LogP contribution is 2.33. The number of carbonyl (C=O) groups excluding carboxylic acids is 1. The molecule has 3 aliphatic heterocycles. The number of anilines is 1. The van der Waals surface area contributed by atoms with Crippen LogP contribution in [-0.4, -0.2) is 74.2 Å². The largest absolute Gasteiger partial charge is 0.378 e. The zero-order valence-corrected chi connectivity index (χ0v) is 18.9. The number of halogens is 2. The third kappa shape index (κ3) is 4.36. The Balaban J connectivity index is 1.25. The van der Waals surface area contributed by atoms with Gasteiger partial charge in [0.2, 0.25) is 0 Å². The SMILES string of the molecule is O=C(c1cccc(N2CCOCC2)c1F)N1CCN2C[C@@H](c3ccc(Cl)cc3)CC[C@@H]2C1. The van der Waals surface area contributed by atoms with E-state index in [1.54, 1.807) is 18.2 Å². The Morgan fingerprint density at radius 3 is 2.53 bits per heavy atom. The lowest BCUT2D eigenvalue weighted by Gasteiger charge is -2.46. The summed E-state index contributed by atoms with van der Waals surface area (Å²) in [4.78, 5) is 19.6. The van der Waals surface area contributed by atoms with Gasteiger partial charge in [0, 0.05) is 50.3 Å². The Kier molecular flexibility index (Phi) is 6.35. The first-order valence-corrected chi connectivity index (χ1v) is 11.9. The highest BCUT2D eigenvalue weighted by Gasteiger charge is 2.36. The second-order valence-electron chi connectivity index (χ2n) is 8.96. The van der Waals surface area contributed by atoms with Crippen LogP contribution < -0.4 is 4.90 Å². The topological polar surface area (TPSA) is 36.0 Å². The lowest BCUT2D eigenvalue weighted by atomic mass is 9.86. The molecule has 0 spiro atoms. The Labute approximate surface area is 193 Å². The fourth-order valence-electron chi connectivity index (χ4n) is 5.27. The molecule has 0 saturated carbocycles. The van der Waals surface area contributed by atoms with Crippen molar-refractivity contribution in [2.45, 2.75) is 24.8 Å². The van der Waals surface area contributed by atoms with Crippen molar-refractivity contribution in [2.24, 2.45) is 0 Å². The van der Waals surface area contributed by atoms with Crippen molar-refractivity contribution >= 4 is 23.2 Å². The van der Waals surface area contributed by atoms with E-state index in [4.69, 9.17) is 16.3 Å². The Bertz CT molecular complexity index is 964. The van der Waals surface area contributed by atoms with Gasteiger partial charge in [-0.2, -0.15) is 0 Å². The smallest absolute Gasteiger partial charge is 0.257 e. The average Bonchev–Trinajstić information content (AvgIpc) is 2.84. The van der Waals surface area contributed by atoms with Gasteiger partial charge in [0.05, 0.1) is 24.5 Å². The summed E-state index contributed by atoms with van der Waals surface area (Å²) in [5.74, 6) is -0.112. The summed E-state index contributed by atoms with van der Waals surface area (Å²) < 4.78 is 20.7. The van der Waals surface area contributed by atoms with Crippen LogP contribution in [0.1, 0.15) is 34.7 Å². The van der Waals surface area contributed by atoms with E-state index in [0.29, 0.717) is 57.0 Å². The highest BCUT2D eigenvalue weighted by molar-refractivity contribution is 6.30. The summed E-state index contributed by atoms with van der Waals surface area (Å²) in [7, 11) is 0. The molecule has 7 heteroatoms. The monoisotopic (exact) mass is 457 g/mol. The van der Waals surface area contributed by atoms with Crippen molar-refractivity contribution in [3.63, 3.8) is 0 Å². The van der Waals surface area contributed by atoms with E-state index in [1.165, 1.54) is 5.56 Å². The van der Waals surface area contributed by atoms with Crippen LogP contribution in [0.2, 0.25) is 5.02 Å². The minimum absolute atomic E-state index is 0.178. The van der Waals surface area contributed by atoms with Crippen LogP contribution in [-0.2, 0) is 4.74 Å². The van der Waals surface area contributed by atoms with Crippen molar-refractivity contribution in [3.8, 4) is 0 Å². The summed E-state index contributed by atoms with van der Waals surface area (Å²) >= 11 is 6.04. The number of nitrogens with zero attached hydrogens (tertiary/aromatic N) is 3. The Hall–Kier alpha value is -2.15. The normalized spacial score (nSPS) is 24.3. The fourth-order valence-corrected chi connectivity index (χ4v) is 5.40. The highest BCUT2D eigenvalue weighted by atomic mass is 35.5. The van der Waals surface area contributed by atoms with Gasteiger partial charge in [0.1, 0.15) is 0 Å². The van der Waals surface area contributed by atoms with Crippen LogP contribution >= 0.6 is 11.6 Å². The molecule has 5 rings (SSSR count). The lowest BCUT2D eigenvalue weighted by molar-refractivity contribution is 0.0326. The summed E-state index contributed by atoms with van der Waals surface area (Å²) in [5, 5.41) is 0.763. The van der Waals surface area contributed by atoms with Gasteiger partial charge in [-0.15, -0.1) is 0 Å². The summed E-state index contributed by atoms with van der Waals surface area (Å²) in [6.07, 6.45) is 2.12. The second kappa shape index (κ2) is 9.38. The van der Waals surface area contributed by atoms with Crippen molar-refractivity contribution < 1.29 is 13.9 Å². The van der Waals surface area contributed by atoms with Gasteiger partial charge in [-0.25, -0.2) is 4.39 Å². The van der Waals surface area contributed by atoms with E-state index in [2.05, 4.69) is 17.0 Å². The van der Waals surface area contributed by atoms with Gasteiger partial charge in [0.25, 0.3) is 5.91 Å². The molecular formula is C25H29ClFN3O2. The Morgan fingerprint density at radius 1 is 0.969 bits per heavy atom. The molecule has 3 aliphatic rings. The van der Waals surface area contributed by atoms with Crippen LogP contribution in [0, 0.1) is 5.82 Å². The number of morpholine rings is 1. The molecule has 5 nitrogen and oxygen atoms in total. The van der Waals surface area contributed by atoms with Crippen molar-refractivity contribution in [1.82, 2.24) is 9.80 Å². The number of ether oxygens (including phenoxy) is 1. The van der Waals surface area contributed by atoms with Gasteiger partial charge in [-0.1, -0.05) is 29.8 Å². The molecule has 2 aromatic rings. The van der Waals surface area contributed by atoms with E-state index in [-0.39, 0.29) is 11.5 Å². The molecule has 170 valence electrons. The fraction of sp³-hybridized carbons (Fsp3) is 0.480. The van der Waals surface area contributed by atoms with Gasteiger partial charge >= 0.3 is 0 Å². The first kappa shape index (κ1) is 21.7. The molecule has 3 heterocycles. The third-order valence-corrected chi connectivity index (χ3v) is 7.35. The number of rotatable bonds is 3. The quantitative estimate of drug-likeness (QED) is 0.697. The molecule has 0 bridgehead atoms. The van der Waals surface area contributed by atoms with Crippen LogP contribution in [0.4, 0.5) is 10.1 Å². The number of fused-ring (bicyclic) bond motifs is 1. The number of piperazine rings is 1. The Morgan fingerprint density at radius 2 is 1.75 bits per heavy atom. The van der Waals surface area contributed by atoms with Crippen LogP contribution in [0.3, 0.4) is 0 Å². The number of hydrogen-bond donors (Lipinski definition) is 0. The number of amides is 1. The van der Waals surface area contributed by atoms with Crippen molar-refractivity contribution in [2.75, 3.05) is 57.4 Å². The van der Waals surface area contributed by atoms with Gasteiger partial charge in [0.15, 0.2) is 5.82 Å². The first-order chi connectivity index (χ1) is 15.6. The maximum absolute atomic E-state index is 15.3. The number of benzene rings is 2. The molecule has 0 unspecified atom stereocenters. The van der Waals surface area contributed by atoms with Gasteiger partial charge < -0.3 is 14.5 Å². The van der Waals surface area contributed by atoms with Crippen LogP contribution in [0.25, 0.3) is 0 Å². The number of carbonyl (C=O) groups is 1. The molecule has 2 atom stereocenters. The van der Waals surface area contributed by atoms with Crippen LogP contribution in [0.15, 0.2) is 42.5 Å². The number of piperidine rings is 1. The second-order valence-corrected chi connectivity index (χ2v) is 9.40. The maximum Gasteiger partial charge on any atom is 0.257 e. The lowest BCUT2D eigenvalue weighted by Crippen LogP contribution is -2.57. The molecule has 0 radical (unpaired) electrons. The minimum Gasteiger partial charge on any atom is -0.378 e. The van der Waals surface area contributed by atoms with Gasteiger partial charge in [-0.3, -0.25) is 9.69 Å². The molecule has 0 aromatic heterocycles. The van der Waals surface area contributed by atoms with Crippen molar-refractivity contribution in [3.05, 3.63) is 64.4 Å². The van der Waals surface area contributed by atoms with E-state index in [1.807, 2.05) is 21.9 Å². The summed E-state index contributed by atoms with van der Waals surface area (Å²) in [5.41, 5.74) is 2.01. The maximum atomic E-state index is 15.3. The molecule has 2 aromatic carbocycles. The molecule has 32 heavy (non-hydrogen) atoms. The minimum atomic E-state index is -0.409. The predicted octanol–water partition coefficient (Wildman–Crippen LogP) is 4.02. The molecular weight excluding hydrogens is 429 g/mol. The molecule has 3 saturated heterocycles. The molecule has 3 fully saturated rings. The summed E-state index contributed by atoms with van der Waals surface area (Å²) in [6, 6.07) is 13.7. The third-order valence-electron chi connectivity index (χ3n) is 7.10. The van der Waals surface area contributed by atoms with E-state index < -0.39 is 5.82 Å². The van der Waals surface area contributed by atoms with Crippen molar-refractivity contribution in [1.29, 1.82) is 0 Å². The van der Waals surface area contributed by atoms with E-state index in [0.717, 1.165) is 31.0 Å². The number of hydrogen-bond acceptors (Lipinski definition) is 4. The van der Waals surface area contributed by atoms with Gasteiger partial charge in [-0.05, 0) is 48.6 Å². The standard InChI is InChI=1S/C25H29ClFN3O2/c26-20-7-4-18(5-8-20)19-6-9-21-17-30(11-10-29(21)16-19)25(31)22-2-1-3-23(24(22)27)28-12-14-32-15-13-28/h1-5,7-8,19,21H,6,9-17H2/t19-,21+/m0/s1. The first-order valence-electron chi connectivity index (χ1n) is 11.5.